The molecule has 0 radical (unpaired) electrons. The van der Waals surface area contributed by atoms with Crippen LogP contribution in [0.5, 0.6) is 0 Å². The van der Waals surface area contributed by atoms with Gasteiger partial charge in [0, 0.05) is 83.8 Å². The van der Waals surface area contributed by atoms with Crippen LogP contribution in [-0.4, -0.2) is 59.9 Å². The number of hydrogen-bond donors (Lipinski definition) is 4. The maximum absolute atomic E-state index is 15.4. The second kappa shape index (κ2) is 15.1. The molecule has 5 saturated heterocycles. The lowest BCUT2D eigenvalue weighted by atomic mass is 9.57. The fraction of sp³-hybridized carbons (Fsp3) is 0.741. The molecular formula is C54H72N4O2. The molecule has 2 aromatic carbocycles. The van der Waals surface area contributed by atoms with Gasteiger partial charge in [-0.2, -0.15) is 0 Å². The zero-order valence-corrected chi connectivity index (χ0v) is 36.0. The molecule has 6 heteroatoms. The van der Waals surface area contributed by atoms with Crippen LogP contribution in [0.4, 0.5) is 0 Å². The second-order valence-corrected chi connectivity index (χ2v) is 23.0. The molecule has 6 aliphatic carbocycles. The summed E-state index contributed by atoms with van der Waals surface area (Å²) in [4.78, 5) is 30.8. The lowest BCUT2D eigenvalue weighted by Crippen LogP contribution is -2.56. The number of Topliss-reactive ketones (excluding diaryl/α,β-unsaturated/α-hetero) is 2. The molecule has 320 valence electrons. The summed E-state index contributed by atoms with van der Waals surface area (Å²) in [5, 5.41) is 18.1. The zero-order valence-electron chi connectivity index (χ0n) is 36.0. The minimum Gasteiger partial charge on any atom is -0.310 e. The fourth-order valence-corrected chi connectivity index (χ4v) is 19.1. The largest absolute Gasteiger partial charge is 0.310 e. The van der Waals surface area contributed by atoms with Crippen LogP contribution in [0.3, 0.4) is 0 Å². The zero-order chi connectivity index (χ0) is 39.6. The third kappa shape index (κ3) is 5.91. The Kier molecular flexibility index (Phi) is 9.61. The maximum Gasteiger partial charge on any atom is 0.140 e. The van der Waals surface area contributed by atoms with E-state index in [2.05, 4.69) is 81.9 Å². The van der Waals surface area contributed by atoms with Gasteiger partial charge in [-0.3, -0.25) is 9.59 Å². The molecule has 5 aliphatic heterocycles. The molecule has 60 heavy (non-hydrogen) atoms. The molecule has 2 aromatic rings. The third-order valence-electron chi connectivity index (χ3n) is 20.9. The molecule has 0 spiro atoms. The number of nitrogens with one attached hydrogen (secondary N) is 4. The number of rotatable bonds is 2. The van der Waals surface area contributed by atoms with Crippen molar-refractivity contribution in [3.05, 3.63) is 71.8 Å². The third-order valence-corrected chi connectivity index (χ3v) is 20.9. The Morgan fingerprint density at radius 2 is 0.767 bits per heavy atom. The Hall–Kier alpha value is -2.38. The smallest absolute Gasteiger partial charge is 0.140 e. The summed E-state index contributed by atoms with van der Waals surface area (Å²) in [6, 6.07) is 25.7. The Balaban J connectivity index is 0.963. The van der Waals surface area contributed by atoms with Gasteiger partial charge in [0.05, 0.1) is 0 Å². The van der Waals surface area contributed by atoms with Crippen LogP contribution in [-0.2, 0) is 9.59 Å². The number of carbonyl (C=O) groups is 2. The van der Waals surface area contributed by atoms with Crippen molar-refractivity contribution in [2.75, 3.05) is 0 Å². The number of carbonyl (C=O) groups excluding carboxylic acids is 2. The van der Waals surface area contributed by atoms with Gasteiger partial charge in [0.15, 0.2) is 0 Å². The highest BCUT2D eigenvalue weighted by Crippen LogP contribution is 2.60. The maximum atomic E-state index is 15.4. The van der Waals surface area contributed by atoms with Gasteiger partial charge in [0.25, 0.3) is 0 Å². The van der Waals surface area contributed by atoms with Crippen molar-refractivity contribution in [3.63, 3.8) is 0 Å². The average Bonchev–Trinajstić information content (AvgIpc) is 4.11. The number of fused-ring (bicyclic) bond motifs is 10. The molecule has 20 unspecified atom stereocenters. The van der Waals surface area contributed by atoms with Gasteiger partial charge in [0.1, 0.15) is 11.6 Å². The molecular weight excluding hydrogens is 737 g/mol. The Bertz CT molecular complexity index is 1820. The van der Waals surface area contributed by atoms with Crippen LogP contribution in [0, 0.1) is 71.0 Å². The van der Waals surface area contributed by atoms with E-state index in [4.69, 9.17) is 0 Å². The molecule has 5 heterocycles. The molecule has 6 saturated carbocycles. The van der Waals surface area contributed by atoms with Crippen molar-refractivity contribution >= 4 is 11.6 Å². The molecule has 20 atom stereocenters. The highest BCUT2D eigenvalue weighted by molar-refractivity contribution is 5.86. The molecule has 6 nitrogen and oxygen atoms in total. The minimum absolute atomic E-state index is 0.0862. The van der Waals surface area contributed by atoms with Crippen molar-refractivity contribution in [1.29, 1.82) is 0 Å². The van der Waals surface area contributed by atoms with Gasteiger partial charge in [0.2, 0.25) is 0 Å². The van der Waals surface area contributed by atoms with Gasteiger partial charge in [-0.05, 0) is 123 Å². The average molecular weight is 809 g/mol. The van der Waals surface area contributed by atoms with Crippen molar-refractivity contribution in [3.8, 4) is 0 Å². The molecule has 4 N–H and O–H groups in total. The van der Waals surface area contributed by atoms with E-state index in [-0.39, 0.29) is 53.8 Å². The number of ketones is 2. The fourth-order valence-electron chi connectivity index (χ4n) is 19.1. The van der Waals surface area contributed by atoms with Crippen molar-refractivity contribution in [1.82, 2.24) is 21.3 Å². The van der Waals surface area contributed by atoms with E-state index >= 15 is 9.59 Å². The summed E-state index contributed by atoms with van der Waals surface area (Å²) in [6.45, 7) is 0. The van der Waals surface area contributed by atoms with Gasteiger partial charge >= 0.3 is 0 Å². The van der Waals surface area contributed by atoms with Crippen LogP contribution < -0.4 is 21.3 Å². The summed E-state index contributed by atoms with van der Waals surface area (Å²) >= 11 is 0. The van der Waals surface area contributed by atoms with Gasteiger partial charge < -0.3 is 21.3 Å². The predicted molar refractivity (Wildman–Crippen MR) is 236 cm³/mol. The van der Waals surface area contributed by atoms with E-state index in [1.54, 1.807) is 0 Å². The molecule has 11 fully saturated rings. The van der Waals surface area contributed by atoms with Crippen LogP contribution in [0.25, 0.3) is 0 Å². The van der Waals surface area contributed by atoms with Crippen molar-refractivity contribution in [2.45, 2.75) is 176 Å². The Morgan fingerprint density at radius 1 is 0.367 bits per heavy atom. The summed E-state index contributed by atoms with van der Waals surface area (Å²) in [5.41, 5.74) is 2.90. The Morgan fingerprint density at radius 3 is 1.22 bits per heavy atom. The van der Waals surface area contributed by atoms with E-state index in [0.29, 0.717) is 77.2 Å². The monoisotopic (exact) mass is 809 g/mol. The van der Waals surface area contributed by atoms with Gasteiger partial charge in [-0.15, -0.1) is 0 Å². The van der Waals surface area contributed by atoms with Crippen LogP contribution in [0.15, 0.2) is 60.7 Å². The molecule has 13 rings (SSSR count). The minimum atomic E-state index is 0.0862. The first-order valence-electron chi connectivity index (χ1n) is 25.8. The highest BCUT2D eigenvalue weighted by atomic mass is 16.1. The summed E-state index contributed by atoms with van der Waals surface area (Å²) in [6.07, 6.45) is 22.1. The highest BCUT2D eigenvalue weighted by Gasteiger charge is 2.63. The van der Waals surface area contributed by atoms with Crippen molar-refractivity contribution < 1.29 is 9.59 Å². The van der Waals surface area contributed by atoms with Gasteiger partial charge in [-0.1, -0.05) is 112 Å². The molecule has 8 bridgehead atoms. The SMILES string of the molecule is O=C1C2CC3NC2C(C2CCC(N2)C(c2ccccc2)C2CCC(N2)C2C4CCCC5CCCC(C(=O)C6CC(NC62)C3c2ccccc2)C54)C2CCCC3CCCC1C32. The van der Waals surface area contributed by atoms with Crippen molar-refractivity contribution in [2.24, 2.45) is 71.0 Å². The van der Waals surface area contributed by atoms with Crippen LogP contribution >= 0.6 is 0 Å². The number of benzene rings is 2. The first-order valence-corrected chi connectivity index (χ1v) is 25.8. The van der Waals surface area contributed by atoms with E-state index in [1.165, 1.54) is 101 Å². The van der Waals surface area contributed by atoms with E-state index in [0.717, 1.165) is 37.5 Å². The van der Waals surface area contributed by atoms with E-state index in [9.17, 15) is 0 Å². The second-order valence-electron chi connectivity index (χ2n) is 23.0. The quantitative estimate of drug-likeness (QED) is 0.244. The first-order chi connectivity index (χ1) is 29.6. The molecule has 0 aromatic heterocycles. The van der Waals surface area contributed by atoms with Gasteiger partial charge in [-0.25, -0.2) is 0 Å². The van der Waals surface area contributed by atoms with Crippen LogP contribution in [0.2, 0.25) is 0 Å². The Labute approximate surface area is 359 Å². The lowest BCUT2D eigenvalue weighted by Gasteiger charge is -2.49. The number of hydrogen-bond acceptors (Lipinski definition) is 6. The predicted octanol–water partition coefficient (Wildman–Crippen LogP) is 8.57. The summed E-state index contributed by atoms with van der Waals surface area (Å²) in [5.74, 6) is 7.39. The topological polar surface area (TPSA) is 82.3 Å². The molecule has 11 aliphatic rings. The van der Waals surface area contributed by atoms with Crippen LogP contribution in [0.1, 0.15) is 139 Å². The van der Waals surface area contributed by atoms with E-state index < -0.39 is 0 Å². The first kappa shape index (κ1) is 38.1. The summed E-state index contributed by atoms with van der Waals surface area (Å²) < 4.78 is 0. The summed E-state index contributed by atoms with van der Waals surface area (Å²) in [7, 11) is 0. The lowest BCUT2D eigenvalue weighted by molar-refractivity contribution is -0.131. The molecule has 0 amide bonds. The van der Waals surface area contributed by atoms with E-state index in [1.807, 2.05) is 0 Å². The standard InChI is InChI=1S/C54H72N4O2/c59-53-35-21-9-17-29-15-7-19-33(45(29)35)49-41-25-23-39(55-41)47(31-11-3-1-4-12-31)40-24-26-42(56-40)50-34-20-8-16-30-18-10-22-36(46(30)34)54(60)38-28-44(58-52(38)50)48(32-13-5-2-6-14-32)43-27-37(53)51(49)57-43/h1-6,11-14,29-30,33-52,55-58H,7-10,15-28H2. The normalized spacial score (nSPS) is 51.6.